The number of rotatable bonds is 4. The summed E-state index contributed by atoms with van der Waals surface area (Å²) in [6.07, 6.45) is 4.57. The molecule has 1 heterocycles. The summed E-state index contributed by atoms with van der Waals surface area (Å²) in [5.41, 5.74) is 0. The maximum absolute atomic E-state index is 4.21. The van der Waals surface area contributed by atoms with Gasteiger partial charge < -0.3 is 5.32 Å². The third-order valence-electron chi connectivity index (χ3n) is 1.84. The van der Waals surface area contributed by atoms with E-state index in [0.717, 1.165) is 16.8 Å². The van der Waals surface area contributed by atoms with E-state index in [1.165, 1.54) is 0 Å². The molecule has 0 radical (unpaired) electrons. The zero-order valence-corrected chi connectivity index (χ0v) is 10.4. The number of nitrogens with one attached hydrogen (secondary N) is 1. The van der Waals surface area contributed by atoms with E-state index in [4.69, 9.17) is 0 Å². The minimum Gasteiger partial charge on any atom is -0.366 e. The zero-order valence-electron chi connectivity index (χ0n) is 8.79. The molecule has 0 aliphatic heterocycles. The molecule has 1 rings (SSSR count). The lowest BCUT2D eigenvalue weighted by Gasteiger charge is -2.15. The molecule has 0 spiro atoms. The standard InChI is InChI=1S/C10H16BrN3/c1-7(2)4-8(3)14-10-6-12-9(11)5-13-10/h5-8H,4H2,1-3H3,(H,13,14). The van der Waals surface area contributed by atoms with Gasteiger partial charge in [-0.1, -0.05) is 13.8 Å². The van der Waals surface area contributed by atoms with Gasteiger partial charge in [-0.2, -0.15) is 0 Å². The fourth-order valence-corrected chi connectivity index (χ4v) is 1.61. The van der Waals surface area contributed by atoms with Gasteiger partial charge in [-0.3, -0.25) is 0 Å². The fourth-order valence-electron chi connectivity index (χ4n) is 1.41. The van der Waals surface area contributed by atoms with E-state index in [2.05, 4.69) is 52.0 Å². The second-order valence-electron chi connectivity index (χ2n) is 3.90. The summed E-state index contributed by atoms with van der Waals surface area (Å²) in [6.45, 7) is 6.58. The number of anilines is 1. The van der Waals surface area contributed by atoms with Crippen LogP contribution in [0.25, 0.3) is 0 Å². The van der Waals surface area contributed by atoms with Crippen molar-refractivity contribution in [2.45, 2.75) is 33.2 Å². The van der Waals surface area contributed by atoms with Crippen molar-refractivity contribution in [2.24, 2.45) is 5.92 Å². The van der Waals surface area contributed by atoms with Gasteiger partial charge in [-0.05, 0) is 35.2 Å². The van der Waals surface area contributed by atoms with E-state index >= 15 is 0 Å². The lowest BCUT2D eigenvalue weighted by atomic mass is 10.1. The van der Waals surface area contributed by atoms with Crippen molar-refractivity contribution in [1.82, 2.24) is 9.97 Å². The maximum Gasteiger partial charge on any atom is 0.144 e. The molecular weight excluding hydrogens is 242 g/mol. The van der Waals surface area contributed by atoms with Crippen molar-refractivity contribution in [1.29, 1.82) is 0 Å². The summed E-state index contributed by atoms with van der Waals surface area (Å²) >= 11 is 3.25. The summed E-state index contributed by atoms with van der Waals surface area (Å²) < 4.78 is 0.763. The van der Waals surface area contributed by atoms with E-state index in [-0.39, 0.29) is 0 Å². The molecule has 0 fully saturated rings. The van der Waals surface area contributed by atoms with Crippen molar-refractivity contribution >= 4 is 21.7 Å². The normalized spacial score (nSPS) is 12.9. The first kappa shape index (κ1) is 11.4. The Hall–Kier alpha value is -0.640. The molecule has 0 amide bonds. The molecule has 4 heteroatoms. The quantitative estimate of drug-likeness (QED) is 0.901. The van der Waals surface area contributed by atoms with E-state index in [1.807, 2.05) is 0 Å². The maximum atomic E-state index is 4.21. The number of hydrogen-bond acceptors (Lipinski definition) is 3. The number of aromatic nitrogens is 2. The van der Waals surface area contributed by atoms with Gasteiger partial charge in [-0.25, -0.2) is 9.97 Å². The summed E-state index contributed by atoms with van der Waals surface area (Å²) in [7, 11) is 0. The molecule has 78 valence electrons. The molecule has 1 N–H and O–H groups in total. The van der Waals surface area contributed by atoms with Gasteiger partial charge in [0.2, 0.25) is 0 Å². The monoisotopic (exact) mass is 257 g/mol. The minimum atomic E-state index is 0.436. The predicted octanol–water partition coefficient (Wildman–Crippen LogP) is 3.09. The molecule has 14 heavy (non-hydrogen) atoms. The Balaban J connectivity index is 2.47. The molecule has 3 nitrogen and oxygen atoms in total. The van der Waals surface area contributed by atoms with Gasteiger partial charge in [0.05, 0.1) is 12.4 Å². The Labute approximate surface area is 93.5 Å². The van der Waals surface area contributed by atoms with Gasteiger partial charge in [0.15, 0.2) is 0 Å². The van der Waals surface area contributed by atoms with Crippen molar-refractivity contribution in [3.63, 3.8) is 0 Å². The lowest BCUT2D eigenvalue weighted by molar-refractivity contribution is 0.538. The second kappa shape index (κ2) is 5.29. The van der Waals surface area contributed by atoms with Gasteiger partial charge in [-0.15, -0.1) is 0 Å². The predicted molar refractivity (Wildman–Crippen MR) is 62.3 cm³/mol. The van der Waals surface area contributed by atoms with Crippen LogP contribution in [0.5, 0.6) is 0 Å². The second-order valence-corrected chi connectivity index (χ2v) is 4.71. The van der Waals surface area contributed by atoms with Gasteiger partial charge in [0, 0.05) is 6.04 Å². The number of hydrogen-bond donors (Lipinski definition) is 1. The molecular formula is C10H16BrN3. The summed E-state index contributed by atoms with van der Waals surface area (Å²) in [4.78, 5) is 8.31. The zero-order chi connectivity index (χ0) is 10.6. The Bertz CT molecular complexity index is 271. The molecule has 0 saturated heterocycles. The van der Waals surface area contributed by atoms with Crippen molar-refractivity contribution in [3.8, 4) is 0 Å². The van der Waals surface area contributed by atoms with Crippen LogP contribution in [-0.2, 0) is 0 Å². The largest absolute Gasteiger partial charge is 0.366 e. The molecule has 0 bridgehead atoms. The van der Waals surface area contributed by atoms with Crippen LogP contribution in [0.4, 0.5) is 5.82 Å². The molecule has 1 unspecified atom stereocenters. The Morgan fingerprint density at radius 1 is 1.29 bits per heavy atom. The van der Waals surface area contributed by atoms with Crippen LogP contribution in [0.3, 0.4) is 0 Å². The van der Waals surface area contributed by atoms with Crippen LogP contribution in [0.15, 0.2) is 17.0 Å². The van der Waals surface area contributed by atoms with Crippen LogP contribution in [0.2, 0.25) is 0 Å². The topological polar surface area (TPSA) is 37.8 Å². The molecule has 0 aliphatic rings. The van der Waals surface area contributed by atoms with Crippen LogP contribution >= 0.6 is 15.9 Å². The van der Waals surface area contributed by atoms with E-state index < -0.39 is 0 Å². The van der Waals surface area contributed by atoms with Gasteiger partial charge in [0.1, 0.15) is 10.4 Å². The van der Waals surface area contributed by atoms with Crippen molar-refractivity contribution in [3.05, 3.63) is 17.0 Å². The third-order valence-corrected chi connectivity index (χ3v) is 2.25. The first-order valence-corrected chi connectivity index (χ1v) is 5.61. The molecule has 0 aliphatic carbocycles. The van der Waals surface area contributed by atoms with E-state index in [1.54, 1.807) is 12.4 Å². The highest BCUT2D eigenvalue weighted by atomic mass is 79.9. The van der Waals surface area contributed by atoms with Crippen LogP contribution in [0.1, 0.15) is 27.2 Å². The first-order chi connectivity index (χ1) is 6.58. The Morgan fingerprint density at radius 2 is 2.00 bits per heavy atom. The van der Waals surface area contributed by atoms with E-state index in [9.17, 15) is 0 Å². The third kappa shape index (κ3) is 4.05. The molecule has 1 aromatic rings. The fraction of sp³-hybridized carbons (Fsp3) is 0.600. The van der Waals surface area contributed by atoms with Crippen LogP contribution in [-0.4, -0.2) is 16.0 Å². The summed E-state index contributed by atoms with van der Waals surface area (Å²) in [5, 5.41) is 3.31. The lowest BCUT2D eigenvalue weighted by Crippen LogP contribution is -2.18. The highest BCUT2D eigenvalue weighted by Crippen LogP contribution is 2.11. The minimum absolute atomic E-state index is 0.436. The average molecular weight is 258 g/mol. The van der Waals surface area contributed by atoms with Crippen molar-refractivity contribution in [2.75, 3.05) is 5.32 Å². The Morgan fingerprint density at radius 3 is 2.50 bits per heavy atom. The highest BCUT2D eigenvalue weighted by Gasteiger charge is 2.05. The summed E-state index contributed by atoms with van der Waals surface area (Å²) in [6, 6.07) is 0.436. The number of nitrogens with zero attached hydrogens (tertiary/aromatic N) is 2. The molecule has 0 aromatic carbocycles. The first-order valence-electron chi connectivity index (χ1n) is 4.82. The van der Waals surface area contributed by atoms with Crippen LogP contribution < -0.4 is 5.32 Å². The smallest absolute Gasteiger partial charge is 0.144 e. The average Bonchev–Trinajstić information content (AvgIpc) is 2.07. The van der Waals surface area contributed by atoms with Crippen molar-refractivity contribution < 1.29 is 0 Å². The van der Waals surface area contributed by atoms with Gasteiger partial charge in [0.25, 0.3) is 0 Å². The number of halogens is 1. The summed E-state index contributed by atoms with van der Waals surface area (Å²) in [5.74, 6) is 1.53. The Kier molecular flexibility index (Phi) is 4.32. The van der Waals surface area contributed by atoms with Crippen LogP contribution in [0, 0.1) is 5.92 Å². The molecule has 0 saturated carbocycles. The molecule has 1 aromatic heterocycles. The SMILES string of the molecule is CC(C)CC(C)Nc1cnc(Br)cn1. The molecule has 1 atom stereocenters. The highest BCUT2D eigenvalue weighted by molar-refractivity contribution is 9.10. The van der Waals surface area contributed by atoms with E-state index in [0.29, 0.717) is 12.0 Å². The van der Waals surface area contributed by atoms with Gasteiger partial charge >= 0.3 is 0 Å².